The number of likely N-dealkylation sites (tertiary alicyclic amines) is 1. The van der Waals surface area contributed by atoms with E-state index in [0.29, 0.717) is 25.9 Å². The zero-order valence-electron chi connectivity index (χ0n) is 25.8. The molecule has 2 aromatic carbocycles. The van der Waals surface area contributed by atoms with Crippen molar-refractivity contribution in [2.24, 2.45) is 0 Å². The Morgan fingerprint density at radius 3 is 2.45 bits per heavy atom. The van der Waals surface area contributed by atoms with Gasteiger partial charge in [0.05, 0.1) is 21.8 Å². The van der Waals surface area contributed by atoms with Crippen molar-refractivity contribution in [1.82, 2.24) is 15.1 Å². The third-order valence-corrected chi connectivity index (χ3v) is 9.64. The van der Waals surface area contributed by atoms with Crippen LogP contribution in [0.15, 0.2) is 29.2 Å². The maximum atomic E-state index is 14.4. The lowest BCUT2D eigenvalue weighted by atomic mass is 9.93. The number of carbonyl (C=O) groups is 2. The number of halogens is 4. The lowest BCUT2D eigenvalue weighted by Gasteiger charge is -2.38. The summed E-state index contributed by atoms with van der Waals surface area (Å²) in [6.45, 7) is 8.64. The number of sulfone groups is 1. The second-order valence-corrected chi connectivity index (χ2v) is 14.6. The first-order valence-corrected chi connectivity index (χ1v) is 16.2. The van der Waals surface area contributed by atoms with Gasteiger partial charge in [0.2, 0.25) is 0 Å². The van der Waals surface area contributed by atoms with Crippen LogP contribution in [0.3, 0.4) is 0 Å². The number of nitrogen functional groups attached to an aromatic ring is 1. The van der Waals surface area contributed by atoms with Crippen molar-refractivity contribution in [3.8, 4) is 0 Å². The maximum absolute atomic E-state index is 14.4. The van der Waals surface area contributed by atoms with Crippen LogP contribution in [0, 0.1) is 6.92 Å². The number of hydrogen-bond acceptors (Lipinski definition) is 7. The largest absolute Gasteiger partial charge is 0.444 e. The second-order valence-electron chi connectivity index (χ2n) is 11.9. The van der Waals surface area contributed by atoms with Gasteiger partial charge in [-0.15, -0.1) is 0 Å². The Hall–Kier alpha value is -3.03. The molecule has 0 unspecified atom stereocenters. The van der Waals surface area contributed by atoms with Gasteiger partial charge in [0.25, 0.3) is 5.91 Å². The highest BCUT2D eigenvalue weighted by atomic mass is 35.5. The molecule has 0 aromatic heterocycles. The Morgan fingerprint density at radius 2 is 1.86 bits per heavy atom. The van der Waals surface area contributed by atoms with Crippen LogP contribution in [-0.4, -0.2) is 67.8 Å². The lowest BCUT2D eigenvalue weighted by Crippen LogP contribution is -2.49. The molecule has 1 saturated heterocycles. The third-order valence-electron chi connectivity index (χ3n) is 7.58. The standard InChI is InChI=1S/C30H40ClF3N4O5S/c1-7-44(41,42)25-11-10-20(31)13-19(25)15-36-27(39)22-14-24(30(32,33)34)23(18(2)26(22)35)17-38-12-8-9-21(16-38)37(6)28(40)43-29(3,4)5/h10-11,13-14,21H,7-9,12,15-17,35H2,1-6H3,(H,36,39)/t21-/m0/s1. The highest BCUT2D eigenvalue weighted by Gasteiger charge is 2.37. The van der Waals surface area contributed by atoms with E-state index in [1.807, 2.05) is 4.90 Å². The lowest BCUT2D eigenvalue weighted by molar-refractivity contribution is -0.138. The summed E-state index contributed by atoms with van der Waals surface area (Å²) in [4.78, 5) is 29.0. The van der Waals surface area contributed by atoms with Crippen molar-refractivity contribution >= 4 is 39.1 Å². The molecule has 244 valence electrons. The minimum Gasteiger partial charge on any atom is -0.444 e. The van der Waals surface area contributed by atoms with E-state index in [-0.39, 0.29) is 62.7 Å². The number of hydrogen-bond donors (Lipinski definition) is 2. The summed E-state index contributed by atoms with van der Waals surface area (Å²) in [6, 6.07) is 4.60. The molecule has 1 heterocycles. The van der Waals surface area contributed by atoms with Crippen LogP contribution in [0.25, 0.3) is 0 Å². The molecule has 3 N–H and O–H groups in total. The van der Waals surface area contributed by atoms with E-state index >= 15 is 0 Å². The molecule has 0 spiro atoms. The predicted molar refractivity (Wildman–Crippen MR) is 163 cm³/mol. The molecule has 0 saturated carbocycles. The third kappa shape index (κ3) is 8.57. The summed E-state index contributed by atoms with van der Waals surface area (Å²) in [7, 11) is -2.04. The summed E-state index contributed by atoms with van der Waals surface area (Å²) in [6.07, 6.45) is -3.96. The monoisotopic (exact) mass is 660 g/mol. The molecular formula is C30H40ClF3N4O5S. The molecule has 1 aliphatic heterocycles. The SMILES string of the molecule is CCS(=O)(=O)c1ccc(Cl)cc1CNC(=O)c1cc(C(F)(F)F)c(CN2CCC[C@H](N(C)C(=O)OC(C)(C)C)C2)c(C)c1N. The summed E-state index contributed by atoms with van der Waals surface area (Å²) >= 11 is 6.04. The average molecular weight is 661 g/mol. The van der Waals surface area contributed by atoms with Crippen LogP contribution in [0.4, 0.5) is 23.7 Å². The fourth-order valence-electron chi connectivity index (χ4n) is 5.13. The molecule has 2 amide bonds. The molecule has 1 fully saturated rings. The number of benzene rings is 2. The van der Waals surface area contributed by atoms with Crippen LogP contribution < -0.4 is 11.1 Å². The smallest absolute Gasteiger partial charge is 0.416 e. The number of likely N-dealkylation sites (N-methyl/N-ethyl adjacent to an activating group) is 1. The Bertz CT molecular complexity index is 1510. The molecule has 3 rings (SSSR count). The van der Waals surface area contributed by atoms with Gasteiger partial charge in [0.15, 0.2) is 9.84 Å². The van der Waals surface area contributed by atoms with Gasteiger partial charge in [-0.1, -0.05) is 18.5 Å². The quantitative estimate of drug-likeness (QED) is 0.343. The van der Waals surface area contributed by atoms with Crippen LogP contribution in [0.2, 0.25) is 5.02 Å². The number of anilines is 1. The van der Waals surface area contributed by atoms with Gasteiger partial charge in [-0.25, -0.2) is 13.2 Å². The Kier molecular flexibility index (Phi) is 10.9. The average Bonchev–Trinajstić information content (AvgIpc) is 2.92. The first-order chi connectivity index (χ1) is 20.2. The molecule has 14 heteroatoms. The van der Waals surface area contributed by atoms with E-state index in [1.165, 1.54) is 36.9 Å². The van der Waals surface area contributed by atoms with Crippen molar-refractivity contribution in [2.45, 2.75) is 83.3 Å². The normalized spacial score (nSPS) is 16.5. The van der Waals surface area contributed by atoms with Gasteiger partial charge in [0.1, 0.15) is 5.60 Å². The van der Waals surface area contributed by atoms with Crippen LogP contribution in [0.1, 0.15) is 73.1 Å². The zero-order valence-corrected chi connectivity index (χ0v) is 27.3. The Labute approximate surface area is 261 Å². The molecule has 2 aromatic rings. The highest BCUT2D eigenvalue weighted by Crippen LogP contribution is 2.38. The van der Waals surface area contributed by atoms with Crippen molar-refractivity contribution in [3.63, 3.8) is 0 Å². The van der Waals surface area contributed by atoms with E-state index in [0.717, 1.165) is 6.07 Å². The number of ether oxygens (including phenoxy) is 1. The second kappa shape index (κ2) is 13.5. The van der Waals surface area contributed by atoms with E-state index in [2.05, 4.69) is 5.32 Å². The zero-order chi connectivity index (χ0) is 33.2. The van der Waals surface area contributed by atoms with Gasteiger partial charge in [-0.3, -0.25) is 9.69 Å². The highest BCUT2D eigenvalue weighted by molar-refractivity contribution is 7.91. The van der Waals surface area contributed by atoms with Gasteiger partial charge >= 0.3 is 12.3 Å². The molecule has 9 nitrogen and oxygen atoms in total. The summed E-state index contributed by atoms with van der Waals surface area (Å²) in [5.74, 6) is -1.08. The van der Waals surface area contributed by atoms with E-state index in [1.54, 1.807) is 27.8 Å². The molecular weight excluding hydrogens is 621 g/mol. The minimum atomic E-state index is -4.79. The van der Waals surface area contributed by atoms with Gasteiger partial charge in [0, 0.05) is 43.4 Å². The summed E-state index contributed by atoms with van der Waals surface area (Å²) in [5.41, 5.74) is 4.35. The van der Waals surface area contributed by atoms with Crippen molar-refractivity contribution in [1.29, 1.82) is 0 Å². The first kappa shape index (κ1) is 35.4. The number of nitrogens with two attached hydrogens (primary N) is 1. The van der Waals surface area contributed by atoms with Gasteiger partial charge in [-0.2, -0.15) is 13.2 Å². The number of piperidine rings is 1. The summed E-state index contributed by atoms with van der Waals surface area (Å²) < 4.78 is 73.7. The van der Waals surface area contributed by atoms with E-state index in [9.17, 15) is 31.2 Å². The molecule has 0 bridgehead atoms. The summed E-state index contributed by atoms with van der Waals surface area (Å²) in [5, 5.41) is 2.74. The number of rotatable bonds is 8. The van der Waals surface area contributed by atoms with Crippen LogP contribution in [0.5, 0.6) is 0 Å². The first-order valence-electron chi connectivity index (χ1n) is 14.2. The van der Waals surface area contributed by atoms with Crippen LogP contribution >= 0.6 is 11.6 Å². The molecule has 0 radical (unpaired) electrons. The minimum absolute atomic E-state index is 0.0302. The molecule has 1 atom stereocenters. The molecule has 0 aliphatic carbocycles. The number of carbonyl (C=O) groups excluding carboxylic acids is 2. The van der Waals surface area contributed by atoms with Crippen molar-refractivity contribution in [2.75, 3.05) is 31.6 Å². The fourth-order valence-corrected chi connectivity index (χ4v) is 6.45. The predicted octanol–water partition coefficient (Wildman–Crippen LogP) is 5.80. The van der Waals surface area contributed by atoms with Crippen molar-refractivity contribution in [3.05, 3.63) is 57.1 Å². The number of amides is 2. The van der Waals surface area contributed by atoms with Crippen LogP contribution in [-0.2, 0) is 33.8 Å². The maximum Gasteiger partial charge on any atom is 0.416 e. The number of nitrogens with one attached hydrogen (secondary N) is 1. The van der Waals surface area contributed by atoms with Crippen molar-refractivity contribution < 1.29 is 35.9 Å². The fraction of sp³-hybridized carbons (Fsp3) is 0.533. The Morgan fingerprint density at radius 1 is 1.20 bits per heavy atom. The number of alkyl halides is 3. The Balaban J connectivity index is 1.88. The molecule has 44 heavy (non-hydrogen) atoms. The molecule has 1 aliphatic rings. The topological polar surface area (TPSA) is 122 Å². The van der Waals surface area contributed by atoms with Gasteiger partial charge in [-0.05, 0) is 88.0 Å². The van der Waals surface area contributed by atoms with Gasteiger partial charge < -0.3 is 20.7 Å². The number of nitrogens with zero attached hydrogens (tertiary/aromatic N) is 2. The van der Waals surface area contributed by atoms with E-state index in [4.69, 9.17) is 22.1 Å². The van der Waals surface area contributed by atoms with E-state index < -0.39 is 39.2 Å².